The van der Waals surface area contributed by atoms with Crippen molar-refractivity contribution in [1.29, 1.82) is 0 Å². The number of benzene rings is 1. The predicted molar refractivity (Wildman–Crippen MR) is 78.3 cm³/mol. The molecule has 3 nitrogen and oxygen atoms in total. The van der Waals surface area contributed by atoms with Gasteiger partial charge in [-0.15, -0.1) is 0 Å². The van der Waals surface area contributed by atoms with Crippen LogP contribution in [0.2, 0.25) is 5.02 Å². The van der Waals surface area contributed by atoms with Gasteiger partial charge in [-0.2, -0.15) is 0 Å². The standard InChI is InChI=1S/C15H22ClNO2/c1-2-14(10-11-18)17-15(19)5-3-4-12-6-8-13(16)9-7-12/h6-9,14,18H,2-5,10-11H2,1H3,(H,17,19). The van der Waals surface area contributed by atoms with Gasteiger partial charge in [-0.05, 0) is 43.4 Å². The number of nitrogens with one attached hydrogen (secondary N) is 1. The molecule has 4 heteroatoms. The van der Waals surface area contributed by atoms with Gasteiger partial charge in [0.15, 0.2) is 0 Å². The Morgan fingerprint density at radius 1 is 1.37 bits per heavy atom. The van der Waals surface area contributed by atoms with Gasteiger partial charge in [-0.3, -0.25) is 4.79 Å². The van der Waals surface area contributed by atoms with E-state index in [1.54, 1.807) is 0 Å². The second-order valence-corrected chi connectivity index (χ2v) is 5.10. The van der Waals surface area contributed by atoms with Crippen molar-refractivity contribution < 1.29 is 9.90 Å². The Kier molecular flexibility index (Phi) is 7.53. The number of aliphatic hydroxyl groups is 1. The van der Waals surface area contributed by atoms with Crippen molar-refractivity contribution in [2.45, 2.75) is 45.1 Å². The van der Waals surface area contributed by atoms with Crippen LogP contribution in [0.4, 0.5) is 0 Å². The van der Waals surface area contributed by atoms with Crippen LogP contribution in [0, 0.1) is 0 Å². The van der Waals surface area contributed by atoms with E-state index >= 15 is 0 Å². The van der Waals surface area contributed by atoms with E-state index in [1.807, 2.05) is 31.2 Å². The summed E-state index contributed by atoms with van der Waals surface area (Å²) in [5, 5.41) is 12.5. The highest BCUT2D eigenvalue weighted by Crippen LogP contribution is 2.11. The Balaban J connectivity index is 2.24. The predicted octanol–water partition coefficient (Wildman–Crippen LogP) is 2.94. The first-order valence-electron chi connectivity index (χ1n) is 6.80. The van der Waals surface area contributed by atoms with E-state index < -0.39 is 0 Å². The zero-order chi connectivity index (χ0) is 14.1. The van der Waals surface area contributed by atoms with Crippen molar-refractivity contribution >= 4 is 17.5 Å². The van der Waals surface area contributed by atoms with Crippen molar-refractivity contribution in [1.82, 2.24) is 5.32 Å². The molecule has 1 unspecified atom stereocenters. The number of hydrogen-bond donors (Lipinski definition) is 2. The van der Waals surface area contributed by atoms with Gasteiger partial charge in [0.1, 0.15) is 0 Å². The third kappa shape index (κ3) is 6.60. The smallest absolute Gasteiger partial charge is 0.220 e. The number of carbonyl (C=O) groups is 1. The molecule has 1 aromatic carbocycles. The highest BCUT2D eigenvalue weighted by molar-refractivity contribution is 6.30. The molecule has 1 amide bonds. The normalized spacial score (nSPS) is 12.2. The highest BCUT2D eigenvalue weighted by atomic mass is 35.5. The second kappa shape index (κ2) is 8.94. The Bertz CT molecular complexity index is 378. The molecule has 0 bridgehead atoms. The Morgan fingerprint density at radius 2 is 2.05 bits per heavy atom. The maximum atomic E-state index is 11.7. The van der Waals surface area contributed by atoms with Crippen LogP contribution in [0.3, 0.4) is 0 Å². The van der Waals surface area contributed by atoms with E-state index in [1.165, 1.54) is 5.56 Å². The molecule has 0 aliphatic heterocycles. The van der Waals surface area contributed by atoms with Crippen LogP contribution >= 0.6 is 11.6 Å². The van der Waals surface area contributed by atoms with E-state index in [4.69, 9.17) is 16.7 Å². The lowest BCUT2D eigenvalue weighted by atomic mass is 10.1. The lowest BCUT2D eigenvalue weighted by Gasteiger charge is -2.15. The van der Waals surface area contributed by atoms with E-state index in [9.17, 15) is 4.79 Å². The van der Waals surface area contributed by atoms with Gasteiger partial charge in [-0.25, -0.2) is 0 Å². The van der Waals surface area contributed by atoms with Crippen molar-refractivity contribution in [3.05, 3.63) is 34.9 Å². The van der Waals surface area contributed by atoms with E-state index in [0.29, 0.717) is 12.8 Å². The number of hydrogen-bond acceptors (Lipinski definition) is 2. The third-order valence-electron chi connectivity index (χ3n) is 3.12. The molecule has 2 N–H and O–H groups in total. The lowest BCUT2D eigenvalue weighted by Crippen LogP contribution is -2.34. The fourth-order valence-electron chi connectivity index (χ4n) is 1.94. The third-order valence-corrected chi connectivity index (χ3v) is 3.37. The molecule has 106 valence electrons. The minimum Gasteiger partial charge on any atom is -0.396 e. The van der Waals surface area contributed by atoms with Gasteiger partial charge in [0.2, 0.25) is 5.91 Å². The molecular formula is C15H22ClNO2. The molecule has 0 heterocycles. The largest absolute Gasteiger partial charge is 0.396 e. The first-order chi connectivity index (χ1) is 9.15. The molecule has 0 saturated heterocycles. The summed E-state index contributed by atoms with van der Waals surface area (Å²) >= 11 is 5.81. The first-order valence-corrected chi connectivity index (χ1v) is 7.18. The number of rotatable bonds is 8. The summed E-state index contributed by atoms with van der Waals surface area (Å²) in [6, 6.07) is 7.80. The lowest BCUT2D eigenvalue weighted by molar-refractivity contribution is -0.122. The Morgan fingerprint density at radius 3 is 2.63 bits per heavy atom. The minimum absolute atomic E-state index is 0.0641. The fourth-order valence-corrected chi connectivity index (χ4v) is 2.06. The number of carbonyl (C=O) groups excluding carboxylic acids is 1. The maximum Gasteiger partial charge on any atom is 0.220 e. The summed E-state index contributed by atoms with van der Waals surface area (Å²) in [7, 11) is 0. The van der Waals surface area contributed by atoms with Gasteiger partial charge in [0.25, 0.3) is 0 Å². The molecular weight excluding hydrogens is 262 g/mol. The summed E-state index contributed by atoms with van der Waals surface area (Å²) in [5.41, 5.74) is 1.19. The van der Waals surface area contributed by atoms with Crippen molar-refractivity contribution in [3.8, 4) is 0 Å². The summed E-state index contributed by atoms with van der Waals surface area (Å²) in [6.07, 6.45) is 3.69. The molecule has 0 fully saturated rings. The average Bonchev–Trinajstić information content (AvgIpc) is 2.40. The summed E-state index contributed by atoms with van der Waals surface area (Å²) in [5.74, 6) is 0.0641. The summed E-state index contributed by atoms with van der Waals surface area (Å²) in [4.78, 5) is 11.7. The van der Waals surface area contributed by atoms with Gasteiger partial charge in [0, 0.05) is 24.1 Å². The van der Waals surface area contributed by atoms with Crippen LogP contribution in [0.1, 0.15) is 38.2 Å². The Labute approximate surface area is 120 Å². The molecule has 19 heavy (non-hydrogen) atoms. The summed E-state index contributed by atoms with van der Waals surface area (Å²) < 4.78 is 0. The van der Waals surface area contributed by atoms with Gasteiger partial charge in [0.05, 0.1) is 0 Å². The quantitative estimate of drug-likeness (QED) is 0.771. The van der Waals surface area contributed by atoms with Crippen LogP contribution in [0.5, 0.6) is 0 Å². The first kappa shape index (κ1) is 16.0. The number of aryl methyl sites for hydroxylation is 1. The van der Waals surface area contributed by atoms with Crippen LogP contribution in [0.15, 0.2) is 24.3 Å². The molecule has 0 spiro atoms. The molecule has 0 aliphatic carbocycles. The number of aliphatic hydroxyl groups excluding tert-OH is 1. The average molecular weight is 284 g/mol. The van der Waals surface area contributed by atoms with Gasteiger partial charge in [-0.1, -0.05) is 30.7 Å². The second-order valence-electron chi connectivity index (χ2n) is 4.66. The van der Waals surface area contributed by atoms with E-state index in [-0.39, 0.29) is 18.6 Å². The maximum absolute atomic E-state index is 11.7. The molecule has 0 saturated carbocycles. The molecule has 1 rings (SSSR count). The van der Waals surface area contributed by atoms with Crippen LogP contribution in [-0.2, 0) is 11.2 Å². The minimum atomic E-state index is 0.0641. The van der Waals surface area contributed by atoms with Crippen molar-refractivity contribution in [2.75, 3.05) is 6.61 Å². The van der Waals surface area contributed by atoms with Gasteiger partial charge < -0.3 is 10.4 Å². The van der Waals surface area contributed by atoms with Gasteiger partial charge >= 0.3 is 0 Å². The van der Waals surface area contributed by atoms with Crippen molar-refractivity contribution in [2.24, 2.45) is 0 Å². The highest BCUT2D eigenvalue weighted by Gasteiger charge is 2.09. The molecule has 1 atom stereocenters. The van der Waals surface area contributed by atoms with Crippen molar-refractivity contribution in [3.63, 3.8) is 0 Å². The summed E-state index contributed by atoms with van der Waals surface area (Å²) in [6.45, 7) is 2.12. The van der Waals surface area contributed by atoms with E-state index in [2.05, 4.69) is 5.32 Å². The zero-order valence-corrected chi connectivity index (χ0v) is 12.1. The number of halogens is 1. The number of amides is 1. The van der Waals surface area contributed by atoms with Crippen LogP contribution < -0.4 is 5.32 Å². The van der Waals surface area contributed by atoms with Crippen LogP contribution in [0.25, 0.3) is 0 Å². The molecule has 0 aliphatic rings. The topological polar surface area (TPSA) is 49.3 Å². The Hall–Kier alpha value is -1.06. The van der Waals surface area contributed by atoms with E-state index in [0.717, 1.165) is 24.3 Å². The zero-order valence-electron chi connectivity index (χ0n) is 11.4. The monoisotopic (exact) mass is 283 g/mol. The van der Waals surface area contributed by atoms with Crippen LogP contribution in [-0.4, -0.2) is 23.7 Å². The molecule has 1 aromatic rings. The SMILES string of the molecule is CCC(CCO)NC(=O)CCCc1ccc(Cl)cc1. The molecule has 0 radical (unpaired) electrons. The molecule has 0 aromatic heterocycles. The fraction of sp³-hybridized carbons (Fsp3) is 0.533.